The van der Waals surface area contributed by atoms with Gasteiger partial charge in [-0.05, 0) is 23.3 Å². The van der Waals surface area contributed by atoms with Gasteiger partial charge in [0.15, 0.2) is 0 Å². The molecule has 0 atom stereocenters. The molecule has 0 saturated carbocycles. The first-order valence-electron chi connectivity index (χ1n) is 5.18. The first kappa shape index (κ1) is 10.3. The molecule has 2 rings (SSSR count). The average Bonchev–Trinajstić information content (AvgIpc) is 2.38. The van der Waals surface area contributed by atoms with Crippen LogP contribution in [0.1, 0.15) is 16.7 Å². The van der Waals surface area contributed by atoms with Gasteiger partial charge in [0.2, 0.25) is 0 Å². The second-order valence-electron chi connectivity index (χ2n) is 3.51. The van der Waals surface area contributed by atoms with E-state index in [1.807, 2.05) is 42.5 Å². The lowest BCUT2D eigenvalue weighted by Gasteiger charge is -1.95. The summed E-state index contributed by atoms with van der Waals surface area (Å²) in [6.07, 6.45) is 9.46. The molecule has 0 heteroatoms. The van der Waals surface area contributed by atoms with Gasteiger partial charge in [0.25, 0.3) is 0 Å². The summed E-state index contributed by atoms with van der Waals surface area (Å²) in [6.45, 7) is 0. The highest BCUT2D eigenvalue weighted by atomic mass is 13.9. The average molecular weight is 204 g/mol. The molecular weight excluding hydrogens is 192 g/mol. The first-order valence-corrected chi connectivity index (χ1v) is 5.18. The van der Waals surface area contributed by atoms with Gasteiger partial charge in [-0.15, -0.1) is 6.42 Å². The van der Waals surface area contributed by atoms with Crippen LogP contribution >= 0.6 is 0 Å². The van der Waals surface area contributed by atoms with Crippen molar-refractivity contribution in [3.8, 4) is 12.3 Å². The Morgan fingerprint density at radius 1 is 0.750 bits per heavy atom. The standard InChI is InChI=1S/C16H12/c1-2-14-8-10-16(11-9-14)13-12-15-6-4-3-5-7-15/h1,3-13H/b13-12-. The molecule has 0 radical (unpaired) electrons. The third-order valence-corrected chi connectivity index (χ3v) is 2.35. The minimum atomic E-state index is 0.914. The fraction of sp³-hybridized carbons (Fsp3) is 0. The Kier molecular flexibility index (Phi) is 3.21. The fourth-order valence-electron chi connectivity index (χ4n) is 1.45. The van der Waals surface area contributed by atoms with Gasteiger partial charge < -0.3 is 0 Å². The largest absolute Gasteiger partial charge is 0.115 e. The molecule has 0 fully saturated rings. The SMILES string of the molecule is C#Cc1ccc(/C=C\c2ccccc2)cc1. The molecule has 0 spiro atoms. The van der Waals surface area contributed by atoms with Crippen LogP contribution in [0.5, 0.6) is 0 Å². The number of hydrogen-bond donors (Lipinski definition) is 0. The van der Waals surface area contributed by atoms with E-state index < -0.39 is 0 Å². The third-order valence-electron chi connectivity index (χ3n) is 2.35. The van der Waals surface area contributed by atoms with Crippen LogP contribution in [0, 0.1) is 12.3 Å². The second-order valence-corrected chi connectivity index (χ2v) is 3.51. The summed E-state index contributed by atoms with van der Waals surface area (Å²) in [6, 6.07) is 18.2. The molecule has 0 unspecified atom stereocenters. The fourth-order valence-corrected chi connectivity index (χ4v) is 1.45. The smallest absolute Gasteiger partial charge is 0.0243 e. The summed E-state index contributed by atoms with van der Waals surface area (Å²) >= 11 is 0. The van der Waals surface area contributed by atoms with Crippen molar-refractivity contribution in [3.05, 3.63) is 71.3 Å². The molecule has 0 amide bonds. The van der Waals surface area contributed by atoms with E-state index in [4.69, 9.17) is 6.42 Å². The zero-order valence-corrected chi connectivity index (χ0v) is 8.93. The summed E-state index contributed by atoms with van der Waals surface area (Å²) in [7, 11) is 0. The highest BCUT2D eigenvalue weighted by Gasteiger charge is 1.88. The molecule has 0 bridgehead atoms. The van der Waals surface area contributed by atoms with Gasteiger partial charge in [-0.3, -0.25) is 0 Å². The minimum absolute atomic E-state index is 0.914. The zero-order valence-electron chi connectivity index (χ0n) is 8.93. The van der Waals surface area contributed by atoms with E-state index in [1.54, 1.807) is 0 Å². The molecule has 0 saturated heterocycles. The summed E-state index contributed by atoms with van der Waals surface area (Å²) < 4.78 is 0. The van der Waals surface area contributed by atoms with Crippen molar-refractivity contribution in [2.24, 2.45) is 0 Å². The Hall–Kier alpha value is -2.26. The van der Waals surface area contributed by atoms with Crippen molar-refractivity contribution < 1.29 is 0 Å². The van der Waals surface area contributed by atoms with Gasteiger partial charge in [0.05, 0.1) is 0 Å². The highest BCUT2D eigenvalue weighted by molar-refractivity contribution is 5.69. The van der Waals surface area contributed by atoms with Crippen LogP contribution in [-0.2, 0) is 0 Å². The summed E-state index contributed by atoms with van der Waals surface area (Å²) in [5, 5.41) is 0. The van der Waals surface area contributed by atoms with E-state index in [-0.39, 0.29) is 0 Å². The number of hydrogen-bond acceptors (Lipinski definition) is 0. The highest BCUT2D eigenvalue weighted by Crippen LogP contribution is 2.09. The Balaban J connectivity index is 2.15. The van der Waals surface area contributed by atoms with E-state index in [2.05, 4.69) is 30.2 Å². The summed E-state index contributed by atoms with van der Waals surface area (Å²) in [5.74, 6) is 2.60. The molecule has 2 aromatic carbocycles. The topological polar surface area (TPSA) is 0 Å². The third kappa shape index (κ3) is 2.62. The maximum atomic E-state index is 5.30. The van der Waals surface area contributed by atoms with Crippen LogP contribution in [-0.4, -0.2) is 0 Å². The lowest BCUT2D eigenvalue weighted by atomic mass is 10.1. The van der Waals surface area contributed by atoms with Crippen molar-refractivity contribution in [1.82, 2.24) is 0 Å². The molecule has 0 aliphatic rings. The monoisotopic (exact) mass is 204 g/mol. The van der Waals surface area contributed by atoms with Crippen LogP contribution in [0.25, 0.3) is 12.2 Å². The molecule has 76 valence electrons. The van der Waals surface area contributed by atoms with Crippen molar-refractivity contribution in [2.45, 2.75) is 0 Å². The number of benzene rings is 2. The quantitative estimate of drug-likeness (QED) is 0.515. The molecule has 2 aromatic rings. The Morgan fingerprint density at radius 2 is 1.31 bits per heavy atom. The molecule has 0 aliphatic carbocycles. The Bertz CT molecular complexity index is 510. The Labute approximate surface area is 96.3 Å². The normalized spacial score (nSPS) is 10.2. The molecule has 0 heterocycles. The van der Waals surface area contributed by atoms with E-state index in [0.717, 1.165) is 11.1 Å². The molecule has 0 aliphatic heterocycles. The van der Waals surface area contributed by atoms with Crippen molar-refractivity contribution in [1.29, 1.82) is 0 Å². The lowest BCUT2D eigenvalue weighted by Crippen LogP contribution is -1.75. The number of terminal acetylenes is 1. The maximum absolute atomic E-state index is 5.30. The van der Waals surface area contributed by atoms with E-state index >= 15 is 0 Å². The molecule has 16 heavy (non-hydrogen) atoms. The van der Waals surface area contributed by atoms with Crippen molar-refractivity contribution in [3.63, 3.8) is 0 Å². The molecular formula is C16H12. The van der Waals surface area contributed by atoms with E-state index in [9.17, 15) is 0 Å². The second kappa shape index (κ2) is 5.00. The first-order chi connectivity index (χ1) is 7.88. The van der Waals surface area contributed by atoms with Crippen molar-refractivity contribution in [2.75, 3.05) is 0 Å². The molecule has 0 aromatic heterocycles. The lowest BCUT2D eigenvalue weighted by molar-refractivity contribution is 1.61. The van der Waals surface area contributed by atoms with Crippen molar-refractivity contribution >= 4 is 12.2 Å². The summed E-state index contributed by atoms with van der Waals surface area (Å²) in [5.41, 5.74) is 3.27. The maximum Gasteiger partial charge on any atom is 0.0243 e. The number of rotatable bonds is 2. The molecule has 0 nitrogen and oxygen atoms in total. The van der Waals surface area contributed by atoms with Gasteiger partial charge in [0.1, 0.15) is 0 Å². The van der Waals surface area contributed by atoms with Gasteiger partial charge in [-0.1, -0.05) is 60.5 Å². The molecule has 0 N–H and O–H groups in total. The van der Waals surface area contributed by atoms with Gasteiger partial charge in [0, 0.05) is 5.56 Å². The summed E-state index contributed by atoms with van der Waals surface area (Å²) in [4.78, 5) is 0. The van der Waals surface area contributed by atoms with Crippen LogP contribution in [0.3, 0.4) is 0 Å². The van der Waals surface area contributed by atoms with Gasteiger partial charge in [-0.25, -0.2) is 0 Å². The van der Waals surface area contributed by atoms with E-state index in [0.29, 0.717) is 0 Å². The predicted octanol–water partition coefficient (Wildman–Crippen LogP) is 3.84. The van der Waals surface area contributed by atoms with Crippen LogP contribution in [0.4, 0.5) is 0 Å². The zero-order chi connectivity index (χ0) is 11.2. The van der Waals surface area contributed by atoms with Crippen LogP contribution < -0.4 is 0 Å². The van der Waals surface area contributed by atoms with Crippen LogP contribution in [0.15, 0.2) is 54.6 Å². The van der Waals surface area contributed by atoms with Gasteiger partial charge >= 0.3 is 0 Å². The predicted molar refractivity (Wildman–Crippen MR) is 69.7 cm³/mol. The van der Waals surface area contributed by atoms with Crippen LogP contribution in [0.2, 0.25) is 0 Å². The van der Waals surface area contributed by atoms with Gasteiger partial charge in [-0.2, -0.15) is 0 Å². The minimum Gasteiger partial charge on any atom is -0.115 e. The van der Waals surface area contributed by atoms with E-state index in [1.165, 1.54) is 5.56 Å². The Morgan fingerprint density at radius 3 is 1.88 bits per heavy atom.